The average Bonchev–Trinajstić information content (AvgIpc) is 3.48. The molecule has 2 bridgehead atoms. The van der Waals surface area contributed by atoms with E-state index in [0.717, 1.165) is 17.5 Å². The summed E-state index contributed by atoms with van der Waals surface area (Å²) in [4.78, 5) is 43.5. The van der Waals surface area contributed by atoms with Crippen molar-refractivity contribution in [2.45, 2.75) is 68.3 Å². The molecule has 2 aromatic rings. The summed E-state index contributed by atoms with van der Waals surface area (Å²) in [6.45, 7) is 6.49. The van der Waals surface area contributed by atoms with E-state index in [1.165, 1.54) is 0 Å². The number of likely N-dealkylation sites (tertiary alicyclic amines) is 1. The zero-order chi connectivity index (χ0) is 27.1. The summed E-state index contributed by atoms with van der Waals surface area (Å²) in [6, 6.07) is 18.2. The van der Waals surface area contributed by atoms with E-state index in [0.29, 0.717) is 19.5 Å². The molecule has 7 nitrogen and oxygen atoms in total. The molecule has 0 aromatic heterocycles. The lowest BCUT2D eigenvalue weighted by Gasteiger charge is -2.38. The van der Waals surface area contributed by atoms with Gasteiger partial charge in [-0.25, -0.2) is 0 Å². The maximum atomic E-state index is 14.2. The molecule has 3 aliphatic heterocycles. The van der Waals surface area contributed by atoms with Gasteiger partial charge in [0.15, 0.2) is 0 Å². The van der Waals surface area contributed by atoms with Gasteiger partial charge in [0.05, 0.1) is 29.2 Å². The number of amides is 3. The average molecular weight is 536 g/mol. The van der Waals surface area contributed by atoms with Crippen molar-refractivity contribution in [1.29, 1.82) is 0 Å². The van der Waals surface area contributed by atoms with Crippen LogP contribution in [0.3, 0.4) is 0 Å². The molecule has 38 heavy (non-hydrogen) atoms. The molecule has 202 valence electrons. The first-order valence-electron chi connectivity index (χ1n) is 13.5. The van der Waals surface area contributed by atoms with E-state index in [2.05, 4.69) is 17.6 Å². The molecule has 2 aromatic carbocycles. The van der Waals surface area contributed by atoms with Gasteiger partial charge in [0.1, 0.15) is 6.04 Å². The van der Waals surface area contributed by atoms with E-state index >= 15 is 0 Å². The predicted molar refractivity (Wildman–Crippen MR) is 148 cm³/mol. The second-order valence-corrected chi connectivity index (χ2v) is 13.3. The summed E-state index contributed by atoms with van der Waals surface area (Å²) in [5.41, 5.74) is 1.97. The van der Waals surface area contributed by atoms with Gasteiger partial charge in [-0.3, -0.25) is 14.4 Å². The van der Waals surface area contributed by atoms with Gasteiger partial charge in [0, 0.05) is 17.8 Å². The zero-order valence-electron chi connectivity index (χ0n) is 22.2. The molecule has 1 spiro atoms. The molecule has 3 amide bonds. The number of nitrogens with one attached hydrogen (secondary N) is 2. The molecular formula is C30H37N3O4S. The van der Waals surface area contributed by atoms with E-state index in [1.54, 1.807) is 16.7 Å². The Balaban J connectivity index is 1.46. The van der Waals surface area contributed by atoms with E-state index < -0.39 is 33.4 Å². The van der Waals surface area contributed by atoms with Gasteiger partial charge in [0.2, 0.25) is 17.7 Å². The molecule has 0 radical (unpaired) electrons. The first-order chi connectivity index (χ1) is 18.2. The van der Waals surface area contributed by atoms with E-state index in [-0.39, 0.29) is 30.2 Å². The number of aliphatic hydroxyl groups excluding tert-OH is 1. The topological polar surface area (TPSA) is 98.7 Å². The van der Waals surface area contributed by atoms with Gasteiger partial charge < -0.3 is 20.6 Å². The van der Waals surface area contributed by atoms with E-state index in [9.17, 15) is 19.5 Å². The van der Waals surface area contributed by atoms with Crippen molar-refractivity contribution in [2.24, 2.45) is 17.8 Å². The number of thioether (sulfide) groups is 1. The largest absolute Gasteiger partial charge is 0.394 e. The highest BCUT2D eigenvalue weighted by Crippen LogP contribution is 2.71. The normalized spacial score (nSPS) is 30.4. The molecule has 6 atom stereocenters. The minimum absolute atomic E-state index is 0.0493. The van der Waals surface area contributed by atoms with E-state index in [1.807, 2.05) is 74.5 Å². The fourth-order valence-electron chi connectivity index (χ4n) is 6.82. The summed E-state index contributed by atoms with van der Waals surface area (Å²) < 4.78 is -1.14. The molecule has 3 N–H and O–H groups in total. The number of benzene rings is 2. The number of carbonyl (C=O) groups is 3. The summed E-state index contributed by atoms with van der Waals surface area (Å²) in [7, 11) is 0. The third kappa shape index (κ3) is 4.41. The Morgan fingerprint density at radius 1 is 0.974 bits per heavy atom. The zero-order valence-corrected chi connectivity index (χ0v) is 23.0. The SMILES string of the molecule is CC(C)[C@H](CO)N1C(=O)[C@@H]2[C@@H](C(=O)NCc3ccccc3)[C@@]3(C)CCC2(S3)C1C(=O)NCc1ccccc1. The van der Waals surface area contributed by atoms with Crippen LogP contribution in [0, 0.1) is 17.8 Å². The molecule has 0 aliphatic carbocycles. The van der Waals surface area contributed by atoms with Crippen LogP contribution in [0.5, 0.6) is 0 Å². The fraction of sp³-hybridized carbons (Fsp3) is 0.500. The summed E-state index contributed by atoms with van der Waals surface area (Å²) in [5.74, 6) is -1.74. The summed E-state index contributed by atoms with van der Waals surface area (Å²) >= 11 is 1.65. The van der Waals surface area contributed by atoms with Gasteiger partial charge in [0.25, 0.3) is 0 Å². The Morgan fingerprint density at radius 2 is 1.53 bits per heavy atom. The van der Waals surface area contributed by atoms with Crippen LogP contribution in [0.1, 0.15) is 44.7 Å². The minimum atomic E-state index is -0.748. The van der Waals surface area contributed by atoms with Gasteiger partial charge in [-0.2, -0.15) is 0 Å². The van der Waals surface area contributed by atoms with Crippen LogP contribution in [-0.2, 0) is 27.5 Å². The number of hydrogen-bond acceptors (Lipinski definition) is 5. The number of aliphatic hydroxyl groups is 1. The van der Waals surface area contributed by atoms with Gasteiger partial charge in [-0.05, 0) is 36.8 Å². The van der Waals surface area contributed by atoms with Crippen LogP contribution in [0.4, 0.5) is 0 Å². The van der Waals surface area contributed by atoms with Crippen molar-refractivity contribution < 1.29 is 19.5 Å². The van der Waals surface area contributed by atoms with Crippen LogP contribution in [0.25, 0.3) is 0 Å². The highest BCUT2D eigenvalue weighted by molar-refractivity contribution is 8.02. The summed E-state index contributed by atoms with van der Waals surface area (Å²) in [5, 5.41) is 16.5. The Bertz CT molecular complexity index is 1190. The van der Waals surface area contributed by atoms with Crippen LogP contribution in [0.15, 0.2) is 60.7 Å². The molecule has 3 aliphatic rings. The van der Waals surface area contributed by atoms with Crippen LogP contribution < -0.4 is 10.6 Å². The first kappa shape index (κ1) is 26.8. The van der Waals surface area contributed by atoms with Crippen molar-refractivity contribution in [3.8, 4) is 0 Å². The molecule has 3 heterocycles. The molecule has 2 unspecified atom stereocenters. The number of hydrogen-bond donors (Lipinski definition) is 3. The molecule has 3 saturated heterocycles. The number of fused-ring (bicyclic) bond motifs is 1. The van der Waals surface area contributed by atoms with Gasteiger partial charge in [-0.15, -0.1) is 11.8 Å². The highest BCUT2D eigenvalue weighted by atomic mass is 32.2. The molecular weight excluding hydrogens is 498 g/mol. The second kappa shape index (κ2) is 10.4. The first-order valence-corrected chi connectivity index (χ1v) is 14.3. The number of carbonyl (C=O) groups excluding carboxylic acids is 3. The molecule has 0 saturated carbocycles. The Kier molecular flexibility index (Phi) is 7.31. The molecule has 8 heteroatoms. The maximum absolute atomic E-state index is 14.2. The monoisotopic (exact) mass is 535 g/mol. The van der Waals surface area contributed by atoms with Crippen LogP contribution in [-0.4, -0.2) is 55.9 Å². The Hall–Kier alpha value is -2.84. The third-order valence-corrected chi connectivity index (χ3v) is 10.7. The Labute approximate surface area is 228 Å². The third-order valence-electron chi connectivity index (χ3n) is 8.68. The quantitative estimate of drug-likeness (QED) is 0.458. The minimum Gasteiger partial charge on any atom is -0.394 e. The molecule has 5 rings (SSSR count). The lowest BCUT2D eigenvalue weighted by molar-refractivity contribution is -0.144. The Morgan fingerprint density at radius 3 is 2.05 bits per heavy atom. The number of rotatable bonds is 9. The summed E-state index contributed by atoms with van der Waals surface area (Å²) in [6.07, 6.45) is 1.44. The fourth-order valence-corrected chi connectivity index (χ4v) is 9.16. The van der Waals surface area contributed by atoms with Crippen LogP contribution in [0.2, 0.25) is 0 Å². The second-order valence-electron chi connectivity index (χ2n) is 11.4. The maximum Gasteiger partial charge on any atom is 0.244 e. The van der Waals surface area contributed by atoms with Crippen molar-refractivity contribution in [3.63, 3.8) is 0 Å². The molecule has 3 fully saturated rings. The lowest BCUT2D eigenvalue weighted by Crippen LogP contribution is -2.57. The van der Waals surface area contributed by atoms with Gasteiger partial charge >= 0.3 is 0 Å². The predicted octanol–water partition coefficient (Wildman–Crippen LogP) is 3.12. The van der Waals surface area contributed by atoms with Crippen molar-refractivity contribution in [3.05, 3.63) is 71.8 Å². The van der Waals surface area contributed by atoms with E-state index in [4.69, 9.17) is 0 Å². The standard InChI is InChI=1S/C30H37N3O4S/c1-19(2)22(18-34)33-25(27(36)32-17-21-12-8-5-9-13-21)30-15-14-29(3,38-30)23(24(30)28(33)37)26(35)31-16-20-10-6-4-7-11-20/h4-13,19,22-25,34H,14-18H2,1-3H3,(H,31,35)(H,32,36)/t22-,23-,24-,25?,29+,30?/m0/s1. The van der Waals surface area contributed by atoms with Crippen LogP contribution >= 0.6 is 11.8 Å². The number of nitrogens with zero attached hydrogens (tertiary/aromatic N) is 1. The smallest absolute Gasteiger partial charge is 0.244 e. The van der Waals surface area contributed by atoms with Gasteiger partial charge in [-0.1, -0.05) is 74.5 Å². The highest BCUT2D eigenvalue weighted by Gasteiger charge is 2.77. The lowest BCUT2D eigenvalue weighted by atomic mass is 9.66. The van der Waals surface area contributed by atoms with Crippen molar-refractivity contribution in [2.75, 3.05) is 6.61 Å². The van der Waals surface area contributed by atoms with Crippen molar-refractivity contribution in [1.82, 2.24) is 15.5 Å². The van der Waals surface area contributed by atoms with Crippen molar-refractivity contribution >= 4 is 29.5 Å².